The summed E-state index contributed by atoms with van der Waals surface area (Å²) < 4.78 is 15.3. The predicted octanol–water partition coefficient (Wildman–Crippen LogP) is 2.47. The van der Waals surface area contributed by atoms with Gasteiger partial charge in [0.1, 0.15) is 6.10 Å². The molecule has 0 amide bonds. The highest BCUT2D eigenvalue weighted by molar-refractivity contribution is 5.69. The maximum absolute atomic E-state index is 11.1. The van der Waals surface area contributed by atoms with Crippen LogP contribution in [0.4, 0.5) is 0 Å². The van der Waals surface area contributed by atoms with E-state index in [0.717, 1.165) is 19.3 Å². The molecular weight excluding hydrogens is 248 g/mol. The lowest BCUT2D eigenvalue weighted by Crippen LogP contribution is -2.18. The molecule has 0 aliphatic heterocycles. The molecule has 5 nitrogen and oxygen atoms in total. The lowest BCUT2D eigenvalue weighted by molar-refractivity contribution is -0.148. The molecule has 0 rings (SSSR count). The lowest BCUT2D eigenvalue weighted by Gasteiger charge is -2.16. The van der Waals surface area contributed by atoms with Crippen molar-refractivity contribution in [2.75, 3.05) is 19.8 Å². The van der Waals surface area contributed by atoms with Crippen molar-refractivity contribution < 1.29 is 23.8 Å². The van der Waals surface area contributed by atoms with Gasteiger partial charge in [-0.2, -0.15) is 0 Å². The molecule has 0 aliphatic carbocycles. The monoisotopic (exact) mass is 274 g/mol. The quantitative estimate of drug-likeness (QED) is 0.428. The van der Waals surface area contributed by atoms with Crippen LogP contribution < -0.4 is 0 Å². The molecule has 0 unspecified atom stereocenters. The van der Waals surface area contributed by atoms with Crippen molar-refractivity contribution in [3.05, 3.63) is 0 Å². The Morgan fingerprint density at radius 3 is 2.37 bits per heavy atom. The summed E-state index contributed by atoms with van der Waals surface area (Å²) in [4.78, 5) is 22.1. The number of unbranched alkanes of at least 4 members (excludes halogenated alkanes) is 1. The Bertz CT molecular complexity index is 252. The molecule has 0 aromatic heterocycles. The topological polar surface area (TPSA) is 61.8 Å². The van der Waals surface area contributed by atoms with Crippen molar-refractivity contribution in [1.82, 2.24) is 0 Å². The van der Waals surface area contributed by atoms with Gasteiger partial charge in [-0.3, -0.25) is 9.59 Å². The number of hydrogen-bond donors (Lipinski definition) is 0. The Kier molecular flexibility index (Phi) is 11.3. The minimum atomic E-state index is -0.271. The molecular formula is C14H26O5. The summed E-state index contributed by atoms with van der Waals surface area (Å²) in [7, 11) is 0. The highest BCUT2D eigenvalue weighted by Gasteiger charge is 2.12. The normalized spacial score (nSPS) is 11.9. The second-order valence-corrected chi connectivity index (χ2v) is 4.27. The van der Waals surface area contributed by atoms with Crippen molar-refractivity contribution in [3.8, 4) is 0 Å². The van der Waals surface area contributed by atoms with Crippen LogP contribution in [0.15, 0.2) is 0 Å². The molecule has 0 N–H and O–H groups in total. The van der Waals surface area contributed by atoms with E-state index in [-0.39, 0.29) is 18.0 Å². The zero-order chi connectivity index (χ0) is 14.5. The van der Waals surface area contributed by atoms with E-state index in [1.165, 1.54) is 6.92 Å². The van der Waals surface area contributed by atoms with Gasteiger partial charge < -0.3 is 14.2 Å². The van der Waals surface area contributed by atoms with Crippen LogP contribution in [0.2, 0.25) is 0 Å². The van der Waals surface area contributed by atoms with Crippen molar-refractivity contribution in [1.29, 1.82) is 0 Å². The minimum Gasteiger partial charge on any atom is -0.466 e. The van der Waals surface area contributed by atoms with Gasteiger partial charge in [0, 0.05) is 26.4 Å². The van der Waals surface area contributed by atoms with Gasteiger partial charge in [-0.25, -0.2) is 0 Å². The third kappa shape index (κ3) is 11.7. The SMILES string of the molecule is CCOCC[C@@H](CCCCC(=O)OCC)OC(C)=O. The number of ether oxygens (including phenoxy) is 3. The molecule has 0 bridgehead atoms. The maximum Gasteiger partial charge on any atom is 0.305 e. The molecule has 19 heavy (non-hydrogen) atoms. The molecule has 0 radical (unpaired) electrons. The van der Waals surface area contributed by atoms with Crippen molar-refractivity contribution in [2.24, 2.45) is 0 Å². The summed E-state index contributed by atoms with van der Waals surface area (Å²) in [5, 5.41) is 0. The van der Waals surface area contributed by atoms with E-state index in [2.05, 4.69) is 0 Å². The molecule has 0 heterocycles. The van der Waals surface area contributed by atoms with Crippen molar-refractivity contribution >= 4 is 11.9 Å². The Labute approximate surface area is 115 Å². The maximum atomic E-state index is 11.1. The molecule has 0 saturated carbocycles. The fourth-order valence-corrected chi connectivity index (χ4v) is 1.73. The summed E-state index contributed by atoms with van der Waals surface area (Å²) in [5.41, 5.74) is 0. The van der Waals surface area contributed by atoms with Gasteiger partial charge >= 0.3 is 11.9 Å². The molecule has 1 atom stereocenters. The third-order valence-corrected chi connectivity index (χ3v) is 2.58. The van der Waals surface area contributed by atoms with Gasteiger partial charge in [0.25, 0.3) is 0 Å². The fraction of sp³-hybridized carbons (Fsp3) is 0.857. The zero-order valence-corrected chi connectivity index (χ0v) is 12.3. The lowest BCUT2D eigenvalue weighted by atomic mass is 10.1. The van der Waals surface area contributed by atoms with Gasteiger partial charge in [0.05, 0.1) is 13.2 Å². The number of hydrogen-bond acceptors (Lipinski definition) is 5. The molecule has 0 fully saturated rings. The first-order valence-electron chi connectivity index (χ1n) is 7.00. The van der Waals surface area contributed by atoms with Crippen LogP contribution in [0.1, 0.15) is 52.9 Å². The van der Waals surface area contributed by atoms with Gasteiger partial charge in [0.15, 0.2) is 0 Å². The van der Waals surface area contributed by atoms with Crippen LogP contribution in [-0.2, 0) is 23.8 Å². The van der Waals surface area contributed by atoms with Crippen LogP contribution in [0.25, 0.3) is 0 Å². The summed E-state index contributed by atoms with van der Waals surface area (Å²) >= 11 is 0. The average molecular weight is 274 g/mol. The first-order valence-corrected chi connectivity index (χ1v) is 7.00. The van der Waals surface area contributed by atoms with Gasteiger partial charge in [-0.15, -0.1) is 0 Å². The average Bonchev–Trinajstić information content (AvgIpc) is 2.34. The standard InChI is InChI=1S/C14H26O5/c1-4-17-11-10-13(19-12(3)15)8-6-7-9-14(16)18-5-2/h13H,4-11H2,1-3H3/t13-/m1/s1. The van der Waals surface area contributed by atoms with Crippen molar-refractivity contribution in [3.63, 3.8) is 0 Å². The molecule has 5 heteroatoms. The van der Waals surface area contributed by atoms with E-state index in [9.17, 15) is 9.59 Å². The Morgan fingerprint density at radius 1 is 1.05 bits per heavy atom. The van der Waals surface area contributed by atoms with Crippen LogP contribution in [-0.4, -0.2) is 37.9 Å². The summed E-state index contributed by atoms with van der Waals surface area (Å²) in [6, 6.07) is 0. The molecule has 0 aliphatic rings. The van der Waals surface area contributed by atoms with E-state index in [1.54, 1.807) is 6.92 Å². The minimum absolute atomic E-state index is 0.119. The smallest absolute Gasteiger partial charge is 0.305 e. The molecule has 0 aromatic rings. The fourth-order valence-electron chi connectivity index (χ4n) is 1.73. The highest BCUT2D eigenvalue weighted by atomic mass is 16.5. The second kappa shape index (κ2) is 12.0. The van der Waals surface area contributed by atoms with E-state index < -0.39 is 0 Å². The van der Waals surface area contributed by atoms with Gasteiger partial charge in [-0.05, 0) is 33.1 Å². The molecule has 112 valence electrons. The number of esters is 2. The van der Waals surface area contributed by atoms with Crippen LogP contribution >= 0.6 is 0 Å². The second-order valence-electron chi connectivity index (χ2n) is 4.27. The summed E-state index contributed by atoms with van der Waals surface area (Å²) in [5.74, 6) is -0.437. The van der Waals surface area contributed by atoms with Crippen molar-refractivity contribution in [2.45, 2.75) is 59.0 Å². The Hall–Kier alpha value is -1.10. The van der Waals surface area contributed by atoms with E-state index in [4.69, 9.17) is 14.2 Å². The third-order valence-electron chi connectivity index (χ3n) is 2.58. The Morgan fingerprint density at radius 2 is 1.79 bits per heavy atom. The van der Waals surface area contributed by atoms with Gasteiger partial charge in [-0.1, -0.05) is 0 Å². The van der Waals surface area contributed by atoms with Gasteiger partial charge in [0.2, 0.25) is 0 Å². The molecule has 0 aromatic carbocycles. The predicted molar refractivity (Wildman–Crippen MR) is 71.8 cm³/mol. The van der Waals surface area contributed by atoms with E-state index in [1.807, 2.05) is 6.92 Å². The van der Waals surface area contributed by atoms with Crippen LogP contribution in [0, 0.1) is 0 Å². The van der Waals surface area contributed by atoms with Crippen LogP contribution in [0.5, 0.6) is 0 Å². The zero-order valence-electron chi connectivity index (χ0n) is 12.3. The summed E-state index contributed by atoms with van der Waals surface area (Å²) in [6.45, 7) is 6.81. The van der Waals surface area contributed by atoms with E-state index >= 15 is 0 Å². The number of carbonyl (C=O) groups excluding carboxylic acids is 2. The molecule has 0 spiro atoms. The number of rotatable bonds is 11. The van der Waals surface area contributed by atoms with Crippen LogP contribution in [0.3, 0.4) is 0 Å². The first-order chi connectivity index (χ1) is 9.10. The van der Waals surface area contributed by atoms with E-state index in [0.29, 0.717) is 32.7 Å². The largest absolute Gasteiger partial charge is 0.466 e. The Balaban J connectivity index is 3.78. The summed E-state index contributed by atoms with van der Waals surface area (Å²) in [6.07, 6.45) is 3.35. The first kappa shape index (κ1) is 17.9. The highest BCUT2D eigenvalue weighted by Crippen LogP contribution is 2.11. The molecule has 0 saturated heterocycles. The number of carbonyl (C=O) groups is 2.